The highest BCUT2D eigenvalue weighted by Gasteiger charge is 2.35. The molecule has 1 unspecified atom stereocenters. The molecule has 1 saturated heterocycles. The van der Waals surface area contributed by atoms with Gasteiger partial charge in [-0.1, -0.05) is 29.8 Å². The molecule has 19 heavy (non-hydrogen) atoms. The maximum absolute atomic E-state index is 12.7. The molecule has 1 fully saturated rings. The number of carbonyl (C=O) groups excluding carboxylic acids is 1. The zero-order chi connectivity index (χ0) is 14.0. The van der Waals surface area contributed by atoms with Gasteiger partial charge in [0.1, 0.15) is 0 Å². The number of piperidine rings is 1. The van der Waals surface area contributed by atoms with Gasteiger partial charge >= 0.3 is 0 Å². The van der Waals surface area contributed by atoms with E-state index < -0.39 is 5.41 Å². The first kappa shape index (κ1) is 14.1. The van der Waals surface area contributed by atoms with Gasteiger partial charge in [-0.15, -0.1) is 0 Å². The first-order valence-electron chi connectivity index (χ1n) is 7.03. The smallest absolute Gasteiger partial charge is 0.232 e. The molecule has 0 aliphatic carbocycles. The molecular formula is C16H24N2O. The standard InChI is InChI=1S/C16H24N2O/c1-12-6-8-13(9-7-12)16(2,3)15(19)18-10-4-5-14(17)11-18/h6-9,14H,4-5,10-11,17H2,1-3H3. The maximum Gasteiger partial charge on any atom is 0.232 e. The molecule has 1 aliphatic rings. The fourth-order valence-electron chi connectivity index (χ4n) is 2.68. The van der Waals surface area contributed by atoms with Gasteiger partial charge in [-0.25, -0.2) is 0 Å². The lowest BCUT2D eigenvalue weighted by atomic mass is 9.82. The topological polar surface area (TPSA) is 46.3 Å². The molecule has 1 amide bonds. The van der Waals surface area contributed by atoms with E-state index in [2.05, 4.69) is 31.2 Å². The molecule has 104 valence electrons. The third-order valence-electron chi connectivity index (χ3n) is 4.05. The summed E-state index contributed by atoms with van der Waals surface area (Å²) in [6.07, 6.45) is 2.03. The van der Waals surface area contributed by atoms with Gasteiger partial charge in [0, 0.05) is 19.1 Å². The van der Waals surface area contributed by atoms with Crippen LogP contribution in [0.4, 0.5) is 0 Å². The Labute approximate surface area is 115 Å². The largest absolute Gasteiger partial charge is 0.340 e. The number of nitrogens with two attached hydrogens (primary N) is 1. The van der Waals surface area contributed by atoms with E-state index in [1.54, 1.807) is 0 Å². The molecule has 0 aromatic heterocycles. The number of amides is 1. The lowest BCUT2D eigenvalue weighted by Crippen LogP contribution is -2.51. The van der Waals surface area contributed by atoms with Crippen molar-refractivity contribution in [3.8, 4) is 0 Å². The Morgan fingerprint density at radius 3 is 2.53 bits per heavy atom. The summed E-state index contributed by atoms with van der Waals surface area (Å²) in [6, 6.07) is 8.36. The van der Waals surface area contributed by atoms with Crippen LogP contribution in [-0.4, -0.2) is 29.9 Å². The predicted molar refractivity (Wildman–Crippen MR) is 78.0 cm³/mol. The van der Waals surface area contributed by atoms with Crippen LogP contribution < -0.4 is 5.73 Å². The summed E-state index contributed by atoms with van der Waals surface area (Å²) in [5.74, 6) is 0.187. The minimum atomic E-state index is -0.481. The SMILES string of the molecule is Cc1ccc(C(C)(C)C(=O)N2CCCC(N)C2)cc1. The van der Waals surface area contributed by atoms with Crippen molar-refractivity contribution in [1.82, 2.24) is 4.90 Å². The van der Waals surface area contributed by atoms with Crippen LogP contribution in [0.15, 0.2) is 24.3 Å². The van der Waals surface area contributed by atoms with Crippen LogP contribution in [-0.2, 0) is 10.2 Å². The maximum atomic E-state index is 12.7. The summed E-state index contributed by atoms with van der Waals surface area (Å²) in [7, 11) is 0. The Morgan fingerprint density at radius 2 is 1.95 bits per heavy atom. The van der Waals surface area contributed by atoms with Crippen LogP contribution in [0.2, 0.25) is 0 Å². The van der Waals surface area contributed by atoms with Crippen molar-refractivity contribution in [2.24, 2.45) is 5.73 Å². The summed E-state index contributed by atoms with van der Waals surface area (Å²) < 4.78 is 0. The van der Waals surface area contributed by atoms with Crippen molar-refractivity contribution < 1.29 is 4.79 Å². The highest BCUT2D eigenvalue weighted by Crippen LogP contribution is 2.27. The van der Waals surface area contributed by atoms with Crippen molar-refractivity contribution >= 4 is 5.91 Å². The first-order chi connectivity index (χ1) is 8.91. The molecule has 1 aromatic carbocycles. The average molecular weight is 260 g/mol. The van der Waals surface area contributed by atoms with Gasteiger partial charge in [0.2, 0.25) is 5.91 Å². The van der Waals surface area contributed by atoms with E-state index in [0.717, 1.165) is 24.9 Å². The summed E-state index contributed by atoms with van der Waals surface area (Å²) >= 11 is 0. The summed E-state index contributed by atoms with van der Waals surface area (Å²) in [6.45, 7) is 7.58. The van der Waals surface area contributed by atoms with Crippen LogP contribution >= 0.6 is 0 Å². The van der Waals surface area contributed by atoms with Crippen LogP contribution in [0, 0.1) is 6.92 Å². The number of hydrogen-bond donors (Lipinski definition) is 1. The predicted octanol–water partition coefficient (Wildman–Crippen LogP) is 2.22. The second-order valence-corrected chi connectivity index (χ2v) is 6.14. The molecule has 0 saturated carbocycles. The first-order valence-corrected chi connectivity index (χ1v) is 7.03. The Balaban J connectivity index is 2.18. The van der Waals surface area contributed by atoms with Gasteiger partial charge in [-0.05, 0) is 39.2 Å². The lowest BCUT2D eigenvalue weighted by molar-refractivity contribution is -0.137. The molecule has 2 rings (SSSR count). The van der Waals surface area contributed by atoms with Gasteiger partial charge < -0.3 is 10.6 Å². The van der Waals surface area contributed by atoms with E-state index in [9.17, 15) is 4.79 Å². The highest BCUT2D eigenvalue weighted by atomic mass is 16.2. The number of benzene rings is 1. The molecule has 3 heteroatoms. The Morgan fingerprint density at radius 1 is 1.32 bits per heavy atom. The van der Waals surface area contributed by atoms with E-state index >= 15 is 0 Å². The van der Waals surface area contributed by atoms with E-state index in [0.29, 0.717) is 6.54 Å². The molecule has 1 atom stereocenters. The van der Waals surface area contributed by atoms with Crippen molar-refractivity contribution in [2.75, 3.05) is 13.1 Å². The molecule has 3 nitrogen and oxygen atoms in total. The second kappa shape index (κ2) is 5.33. The highest BCUT2D eigenvalue weighted by molar-refractivity contribution is 5.87. The number of rotatable bonds is 2. The molecule has 1 aliphatic heterocycles. The summed E-state index contributed by atoms with van der Waals surface area (Å²) in [4.78, 5) is 14.6. The molecule has 0 radical (unpaired) electrons. The minimum absolute atomic E-state index is 0.131. The lowest BCUT2D eigenvalue weighted by Gasteiger charge is -2.36. The monoisotopic (exact) mass is 260 g/mol. The van der Waals surface area contributed by atoms with Gasteiger partial charge in [0.05, 0.1) is 5.41 Å². The molecule has 2 N–H and O–H groups in total. The van der Waals surface area contributed by atoms with Gasteiger partial charge in [-0.3, -0.25) is 4.79 Å². The van der Waals surface area contributed by atoms with Crippen molar-refractivity contribution in [3.05, 3.63) is 35.4 Å². The summed E-state index contributed by atoms with van der Waals surface area (Å²) in [5.41, 5.74) is 7.78. The van der Waals surface area contributed by atoms with E-state index in [1.165, 1.54) is 5.56 Å². The molecule has 1 heterocycles. The van der Waals surface area contributed by atoms with Crippen LogP contribution in [0.1, 0.15) is 37.8 Å². The van der Waals surface area contributed by atoms with E-state index in [-0.39, 0.29) is 11.9 Å². The van der Waals surface area contributed by atoms with Gasteiger partial charge in [0.25, 0.3) is 0 Å². The van der Waals surface area contributed by atoms with Gasteiger partial charge in [-0.2, -0.15) is 0 Å². The normalized spacial score (nSPS) is 20.4. The molecule has 0 bridgehead atoms. The van der Waals surface area contributed by atoms with Gasteiger partial charge in [0.15, 0.2) is 0 Å². The number of likely N-dealkylation sites (tertiary alicyclic amines) is 1. The number of carbonyl (C=O) groups is 1. The Hall–Kier alpha value is -1.35. The van der Waals surface area contributed by atoms with E-state index in [4.69, 9.17) is 5.73 Å². The van der Waals surface area contributed by atoms with Crippen molar-refractivity contribution in [3.63, 3.8) is 0 Å². The Bertz CT molecular complexity index is 450. The molecular weight excluding hydrogens is 236 g/mol. The third kappa shape index (κ3) is 2.98. The Kier molecular flexibility index (Phi) is 3.95. The van der Waals surface area contributed by atoms with Crippen molar-refractivity contribution in [2.45, 2.75) is 45.1 Å². The zero-order valence-corrected chi connectivity index (χ0v) is 12.1. The fourth-order valence-corrected chi connectivity index (χ4v) is 2.68. The van der Waals surface area contributed by atoms with Crippen LogP contribution in [0.25, 0.3) is 0 Å². The zero-order valence-electron chi connectivity index (χ0n) is 12.1. The quantitative estimate of drug-likeness (QED) is 0.886. The summed E-state index contributed by atoms with van der Waals surface area (Å²) in [5, 5.41) is 0. The number of aryl methyl sites for hydroxylation is 1. The van der Waals surface area contributed by atoms with E-state index in [1.807, 2.05) is 18.7 Å². The van der Waals surface area contributed by atoms with Crippen LogP contribution in [0.5, 0.6) is 0 Å². The van der Waals surface area contributed by atoms with Crippen molar-refractivity contribution in [1.29, 1.82) is 0 Å². The number of nitrogens with zero attached hydrogens (tertiary/aromatic N) is 1. The second-order valence-electron chi connectivity index (χ2n) is 6.14. The van der Waals surface area contributed by atoms with Crippen LogP contribution in [0.3, 0.4) is 0 Å². The number of hydrogen-bond acceptors (Lipinski definition) is 2. The third-order valence-corrected chi connectivity index (χ3v) is 4.05. The average Bonchev–Trinajstić information content (AvgIpc) is 2.38. The fraction of sp³-hybridized carbons (Fsp3) is 0.562. The molecule has 1 aromatic rings. The minimum Gasteiger partial charge on any atom is -0.340 e. The molecule has 0 spiro atoms.